The van der Waals surface area contributed by atoms with Crippen LogP contribution >= 0.6 is 0 Å². The maximum atomic E-state index is 12.3. The van der Waals surface area contributed by atoms with Gasteiger partial charge in [0, 0.05) is 12.0 Å². The van der Waals surface area contributed by atoms with E-state index in [1.165, 1.54) is 0 Å². The van der Waals surface area contributed by atoms with Crippen LogP contribution in [0.4, 0.5) is 0 Å². The first-order valence-electron chi connectivity index (χ1n) is 6.42. The molecule has 2 saturated carbocycles. The van der Waals surface area contributed by atoms with Crippen LogP contribution in [-0.4, -0.2) is 36.0 Å². The van der Waals surface area contributed by atoms with E-state index in [9.17, 15) is 9.59 Å². The second-order valence-corrected chi connectivity index (χ2v) is 5.75. The summed E-state index contributed by atoms with van der Waals surface area (Å²) in [5.41, 5.74) is 0.124. The Morgan fingerprint density at radius 1 is 1.35 bits per heavy atom. The van der Waals surface area contributed by atoms with E-state index in [1.54, 1.807) is 11.8 Å². The largest absolute Gasteiger partial charge is 0.465 e. The number of carbonyl (C=O) groups is 2. The Hall–Kier alpha value is -1.06. The molecule has 1 atom stereocenters. The number of nitrogens with zero attached hydrogens (tertiary/aromatic N) is 1. The van der Waals surface area contributed by atoms with Crippen LogP contribution in [-0.2, 0) is 14.3 Å². The van der Waals surface area contributed by atoms with Crippen molar-refractivity contribution >= 4 is 11.9 Å². The van der Waals surface area contributed by atoms with Gasteiger partial charge in [0.25, 0.3) is 0 Å². The molecule has 0 N–H and O–H groups in total. The molecule has 0 spiro atoms. The van der Waals surface area contributed by atoms with Gasteiger partial charge in [-0.25, -0.2) is 0 Å². The minimum absolute atomic E-state index is 0.109. The van der Waals surface area contributed by atoms with E-state index in [2.05, 4.69) is 13.8 Å². The third kappa shape index (κ3) is 2.79. The summed E-state index contributed by atoms with van der Waals surface area (Å²) in [4.78, 5) is 25.5. The van der Waals surface area contributed by atoms with Crippen molar-refractivity contribution in [1.82, 2.24) is 4.90 Å². The van der Waals surface area contributed by atoms with Crippen LogP contribution in [0.2, 0.25) is 0 Å². The van der Waals surface area contributed by atoms with E-state index in [4.69, 9.17) is 4.74 Å². The third-order valence-electron chi connectivity index (χ3n) is 3.69. The molecule has 4 nitrogen and oxygen atoms in total. The van der Waals surface area contributed by atoms with E-state index in [1.807, 2.05) is 0 Å². The van der Waals surface area contributed by atoms with Crippen molar-refractivity contribution in [2.24, 2.45) is 11.3 Å². The summed E-state index contributed by atoms with van der Waals surface area (Å²) in [5.74, 6) is -0.0331. The zero-order valence-electron chi connectivity index (χ0n) is 10.9. The van der Waals surface area contributed by atoms with Crippen molar-refractivity contribution in [3.63, 3.8) is 0 Å². The predicted molar refractivity (Wildman–Crippen MR) is 63.3 cm³/mol. The zero-order chi connectivity index (χ0) is 12.6. The molecule has 2 rings (SSSR count). The van der Waals surface area contributed by atoms with E-state index in [0.29, 0.717) is 6.61 Å². The highest BCUT2D eigenvalue weighted by Crippen LogP contribution is 2.53. The molecular formula is C13H21NO3. The molecule has 0 aromatic carbocycles. The molecule has 0 bridgehead atoms. The number of amides is 1. The highest BCUT2D eigenvalue weighted by Gasteiger charge is 2.53. The summed E-state index contributed by atoms with van der Waals surface area (Å²) in [7, 11) is 0. The van der Waals surface area contributed by atoms with Gasteiger partial charge in [0.2, 0.25) is 5.91 Å². The average Bonchev–Trinajstić information content (AvgIpc) is 3.11. The molecule has 0 aromatic heterocycles. The van der Waals surface area contributed by atoms with Crippen LogP contribution in [0.1, 0.15) is 40.0 Å². The second-order valence-electron chi connectivity index (χ2n) is 5.75. The van der Waals surface area contributed by atoms with Gasteiger partial charge in [-0.05, 0) is 31.6 Å². The number of ether oxygens (including phenoxy) is 1. The highest BCUT2D eigenvalue weighted by atomic mass is 16.5. The average molecular weight is 239 g/mol. The molecular weight excluding hydrogens is 218 g/mol. The van der Waals surface area contributed by atoms with Crippen molar-refractivity contribution in [2.45, 2.75) is 46.1 Å². The molecule has 0 radical (unpaired) electrons. The molecule has 0 saturated heterocycles. The van der Waals surface area contributed by atoms with Gasteiger partial charge in [0.15, 0.2) is 0 Å². The van der Waals surface area contributed by atoms with Crippen LogP contribution in [0.15, 0.2) is 0 Å². The quantitative estimate of drug-likeness (QED) is 0.684. The first-order valence-corrected chi connectivity index (χ1v) is 6.42. The van der Waals surface area contributed by atoms with Gasteiger partial charge in [-0.3, -0.25) is 9.59 Å². The molecule has 96 valence electrons. The molecule has 0 heterocycles. The highest BCUT2D eigenvalue weighted by molar-refractivity contribution is 5.86. The van der Waals surface area contributed by atoms with E-state index in [-0.39, 0.29) is 35.8 Å². The Labute approximate surface area is 102 Å². The van der Waals surface area contributed by atoms with E-state index < -0.39 is 0 Å². The van der Waals surface area contributed by atoms with Crippen molar-refractivity contribution in [1.29, 1.82) is 0 Å². The summed E-state index contributed by atoms with van der Waals surface area (Å²) in [6.07, 6.45) is 2.99. The fourth-order valence-electron chi connectivity index (χ4n) is 2.21. The number of esters is 1. The first-order chi connectivity index (χ1) is 7.95. The zero-order valence-corrected chi connectivity index (χ0v) is 10.9. The predicted octanol–water partition coefficient (Wildman–Crippen LogP) is 1.59. The van der Waals surface area contributed by atoms with Crippen LogP contribution in [0.3, 0.4) is 0 Å². The lowest BCUT2D eigenvalue weighted by molar-refractivity contribution is -0.150. The monoisotopic (exact) mass is 239 g/mol. The van der Waals surface area contributed by atoms with Crippen molar-refractivity contribution in [3.05, 3.63) is 0 Å². The first kappa shape index (κ1) is 12.4. The molecule has 2 fully saturated rings. The molecule has 0 aliphatic heterocycles. The smallest absolute Gasteiger partial charge is 0.325 e. The van der Waals surface area contributed by atoms with Gasteiger partial charge < -0.3 is 9.64 Å². The fraction of sp³-hybridized carbons (Fsp3) is 0.846. The van der Waals surface area contributed by atoms with E-state index >= 15 is 0 Å². The number of carbonyl (C=O) groups excluding carboxylic acids is 2. The van der Waals surface area contributed by atoms with Crippen LogP contribution < -0.4 is 0 Å². The topological polar surface area (TPSA) is 46.6 Å². The molecule has 4 heteroatoms. The third-order valence-corrected chi connectivity index (χ3v) is 3.69. The van der Waals surface area contributed by atoms with Gasteiger partial charge in [-0.2, -0.15) is 0 Å². The summed E-state index contributed by atoms with van der Waals surface area (Å²) >= 11 is 0. The number of rotatable bonds is 5. The van der Waals surface area contributed by atoms with Gasteiger partial charge in [0.05, 0.1) is 6.61 Å². The Morgan fingerprint density at radius 3 is 2.35 bits per heavy atom. The van der Waals surface area contributed by atoms with E-state index in [0.717, 1.165) is 19.3 Å². The standard InChI is InChI=1S/C13H21NO3/c1-4-17-11(15)8-14(9-5-6-9)12(16)10-7-13(10,2)3/h9-10H,4-8H2,1-3H3. The van der Waals surface area contributed by atoms with Gasteiger partial charge in [0.1, 0.15) is 6.54 Å². The molecule has 2 aliphatic rings. The molecule has 1 amide bonds. The van der Waals surface area contributed by atoms with Crippen LogP contribution in [0.25, 0.3) is 0 Å². The van der Waals surface area contributed by atoms with Crippen molar-refractivity contribution in [3.8, 4) is 0 Å². The SMILES string of the molecule is CCOC(=O)CN(C(=O)C1CC1(C)C)C1CC1. The Balaban J connectivity index is 1.93. The number of hydrogen-bond donors (Lipinski definition) is 0. The van der Waals surface area contributed by atoms with Crippen molar-refractivity contribution < 1.29 is 14.3 Å². The summed E-state index contributed by atoms with van der Waals surface area (Å²) in [6, 6.07) is 0.281. The lowest BCUT2D eigenvalue weighted by atomic mass is 10.1. The van der Waals surface area contributed by atoms with Crippen LogP contribution in [0.5, 0.6) is 0 Å². The Bertz CT molecular complexity index is 334. The lowest BCUT2D eigenvalue weighted by Gasteiger charge is -2.22. The van der Waals surface area contributed by atoms with Gasteiger partial charge >= 0.3 is 5.97 Å². The summed E-state index contributed by atoms with van der Waals surface area (Å²) in [5, 5.41) is 0. The van der Waals surface area contributed by atoms with Crippen molar-refractivity contribution in [2.75, 3.05) is 13.2 Å². The van der Waals surface area contributed by atoms with Gasteiger partial charge in [-0.15, -0.1) is 0 Å². The Kier molecular flexibility index (Phi) is 3.15. The second kappa shape index (κ2) is 4.31. The fourth-order valence-corrected chi connectivity index (χ4v) is 2.21. The molecule has 17 heavy (non-hydrogen) atoms. The summed E-state index contributed by atoms with van der Waals surface area (Å²) < 4.78 is 4.92. The van der Waals surface area contributed by atoms with Crippen LogP contribution in [0, 0.1) is 11.3 Å². The minimum Gasteiger partial charge on any atom is -0.465 e. The minimum atomic E-state index is -0.286. The maximum Gasteiger partial charge on any atom is 0.325 e. The Morgan fingerprint density at radius 2 is 1.94 bits per heavy atom. The maximum absolute atomic E-state index is 12.3. The molecule has 0 aromatic rings. The normalized spacial score (nSPS) is 25.2. The molecule has 2 aliphatic carbocycles. The summed E-state index contributed by atoms with van der Waals surface area (Å²) in [6.45, 7) is 6.49. The number of hydrogen-bond acceptors (Lipinski definition) is 3. The lowest BCUT2D eigenvalue weighted by Crippen LogP contribution is -2.39. The van der Waals surface area contributed by atoms with Gasteiger partial charge in [-0.1, -0.05) is 13.8 Å². The molecule has 1 unspecified atom stereocenters.